The largest absolute Gasteiger partial charge is 0.463 e. The summed E-state index contributed by atoms with van der Waals surface area (Å²) < 4.78 is 10.8. The summed E-state index contributed by atoms with van der Waals surface area (Å²) in [6.07, 6.45) is 1.69. The van der Waals surface area contributed by atoms with E-state index in [0.717, 1.165) is 12.8 Å². The Hall–Kier alpha value is -1.89. The van der Waals surface area contributed by atoms with Gasteiger partial charge in [0.2, 0.25) is 5.95 Å². The molecule has 0 unspecified atom stereocenters. The van der Waals surface area contributed by atoms with Crippen LogP contribution in [-0.4, -0.2) is 28.2 Å². The van der Waals surface area contributed by atoms with Crippen LogP contribution in [0.2, 0.25) is 0 Å². The number of nitrogens with zero attached hydrogens (tertiary/aromatic N) is 3. The van der Waals surface area contributed by atoms with E-state index in [-0.39, 0.29) is 18.0 Å². The van der Waals surface area contributed by atoms with E-state index < -0.39 is 0 Å². The minimum atomic E-state index is 0.104. The molecule has 0 radical (unpaired) electrons. The van der Waals surface area contributed by atoms with Crippen LogP contribution >= 0.6 is 11.3 Å². The predicted molar refractivity (Wildman–Crippen MR) is 73.5 cm³/mol. The van der Waals surface area contributed by atoms with E-state index in [1.807, 2.05) is 18.4 Å². The number of nitrogens with two attached hydrogens (primary N) is 1. The second-order valence-electron chi connectivity index (χ2n) is 3.79. The molecule has 0 bridgehead atoms. The highest BCUT2D eigenvalue weighted by atomic mass is 32.1. The van der Waals surface area contributed by atoms with Crippen LogP contribution in [-0.2, 0) is 6.42 Å². The summed E-state index contributed by atoms with van der Waals surface area (Å²) in [6, 6.07) is 4.49. The highest BCUT2D eigenvalue weighted by Gasteiger charge is 2.06. The van der Waals surface area contributed by atoms with Crippen molar-refractivity contribution in [1.29, 1.82) is 0 Å². The molecule has 0 spiro atoms. The van der Waals surface area contributed by atoms with Crippen molar-refractivity contribution in [2.75, 3.05) is 18.9 Å². The normalized spacial score (nSPS) is 10.4. The van der Waals surface area contributed by atoms with Gasteiger partial charge in [-0.05, 0) is 17.9 Å². The molecule has 2 heterocycles. The minimum Gasteiger partial charge on any atom is -0.463 e. The fourth-order valence-electron chi connectivity index (χ4n) is 1.37. The Kier molecular flexibility index (Phi) is 4.91. The van der Waals surface area contributed by atoms with Gasteiger partial charge in [-0.15, -0.1) is 16.3 Å². The summed E-state index contributed by atoms with van der Waals surface area (Å²) in [5, 5.41) is 2.03. The van der Waals surface area contributed by atoms with Gasteiger partial charge in [0.05, 0.1) is 13.2 Å². The van der Waals surface area contributed by atoms with Crippen LogP contribution in [0.5, 0.6) is 12.0 Å². The number of hydrogen-bond donors (Lipinski definition) is 1. The number of nitrogen functional groups attached to an aromatic ring is 1. The number of ether oxygens (including phenoxy) is 2. The maximum atomic E-state index is 5.58. The lowest BCUT2D eigenvalue weighted by molar-refractivity contribution is 0.264. The molecule has 6 nitrogen and oxygen atoms in total. The molecule has 0 amide bonds. The average molecular weight is 280 g/mol. The molecule has 0 saturated carbocycles. The Morgan fingerprint density at radius 2 is 1.89 bits per heavy atom. The second-order valence-corrected chi connectivity index (χ2v) is 4.82. The van der Waals surface area contributed by atoms with E-state index in [9.17, 15) is 0 Å². The van der Waals surface area contributed by atoms with Crippen molar-refractivity contribution < 1.29 is 9.47 Å². The Balaban J connectivity index is 1.90. The summed E-state index contributed by atoms with van der Waals surface area (Å²) in [5.41, 5.74) is 5.58. The topological polar surface area (TPSA) is 83.2 Å². The van der Waals surface area contributed by atoms with Crippen molar-refractivity contribution in [2.45, 2.75) is 19.8 Å². The number of thiophene rings is 1. The molecule has 102 valence electrons. The number of hydrogen-bond acceptors (Lipinski definition) is 7. The van der Waals surface area contributed by atoms with Gasteiger partial charge in [0.15, 0.2) is 0 Å². The Morgan fingerprint density at radius 1 is 1.16 bits per heavy atom. The van der Waals surface area contributed by atoms with Crippen molar-refractivity contribution in [2.24, 2.45) is 0 Å². The van der Waals surface area contributed by atoms with Crippen LogP contribution in [0.15, 0.2) is 17.5 Å². The van der Waals surface area contributed by atoms with Crippen molar-refractivity contribution in [3.63, 3.8) is 0 Å². The second kappa shape index (κ2) is 6.89. The van der Waals surface area contributed by atoms with Gasteiger partial charge < -0.3 is 15.2 Å². The zero-order chi connectivity index (χ0) is 13.5. The van der Waals surface area contributed by atoms with Gasteiger partial charge in [-0.2, -0.15) is 9.97 Å². The molecule has 0 fully saturated rings. The molecule has 0 atom stereocenters. The highest BCUT2D eigenvalue weighted by Crippen LogP contribution is 2.13. The van der Waals surface area contributed by atoms with E-state index in [4.69, 9.17) is 15.2 Å². The Bertz CT molecular complexity index is 504. The summed E-state index contributed by atoms with van der Waals surface area (Å²) in [7, 11) is 0. The van der Waals surface area contributed by atoms with E-state index in [0.29, 0.717) is 13.2 Å². The van der Waals surface area contributed by atoms with E-state index >= 15 is 0 Å². The Labute approximate surface area is 115 Å². The third-order valence-electron chi connectivity index (χ3n) is 2.21. The lowest BCUT2D eigenvalue weighted by Crippen LogP contribution is -2.09. The average Bonchev–Trinajstić information content (AvgIpc) is 2.89. The van der Waals surface area contributed by atoms with Crippen LogP contribution in [0.4, 0.5) is 5.95 Å². The van der Waals surface area contributed by atoms with Crippen molar-refractivity contribution in [1.82, 2.24) is 15.0 Å². The fourth-order valence-corrected chi connectivity index (χ4v) is 2.06. The summed E-state index contributed by atoms with van der Waals surface area (Å²) in [6.45, 7) is 3.04. The SMILES string of the molecule is CCCOc1nc(N)nc(OCCc2cccs2)n1. The lowest BCUT2D eigenvalue weighted by atomic mass is 10.4. The fraction of sp³-hybridized carbons (Fsp3) is 0.417. The molecule has 19 heavy (non-hydrogen) atoms. The van der Waals surface area contributed by atoms with Gasteiger partial charge in [-0.25, -0.2) is 0 Å². The van der Waals surface area contributed by atoms with Gasteiger partial charge in [0.25, 0.3) is 0 Å². The third-order valence-corrected chi connectivity index (χ3v) is 3.14. The van der Waals surface area contributed by atoms with Gasteiger partial charge in [-0.1, -0.05) is 13.0 Å². The molecule has 2 aromatic rings. The zero-order valence-electron chi connectivity index (χ0n) is 10.7. The molecular formula is C12H16N4O2S. The summed E-state index contributed by atoms with van der Waals surface area (Å²) in [5.74, 6) is 0.104. The monoisotopic (exact) mass is 280 g/mol. The third kappa shape index (κ3) is 4.36. The first-order chi connectivity index (χ1) is 9.28. The molecule has 0 aliphatic heterocycles. The molecule has 0 aliphatic carbocycles. The molecule has 0 aromatic carbocycles. The van der Waals surface area contributed by atoms with Crippen molar-refractivity contribution >= 4 is 17.3 Å². The molecule has 2 N–H and O–H groups in total. The maximum Gasteiger partial charge on any atom is 0.324 e. The molecular weight excluding hydrogens is 264 g/mol. The van der Waals surface area contributed by atoms with Crippen molar-refractivity contribution in [3.05, 3.63) is 22.4 Å². The summed E-state index contributed by atoms with van der Waals surface area (Å²) >= 11 is 1.69. The molecule has 2 rings (SSSR count). The van der Waals surface area contributed by atoms with Crippen LogP contribution in [0.1, 0.15) is 18.2 Å². The standard InChI is InChI=1S/C12H16N4O2S/c1-2-6-17-11-14-10(13)15-12(16-11)18-7-5-9-4-3-8-19-9/h3-4,8H,2,5-7H2,1H3,(H2,13,14,15,16). The van der Waals surface area contributed by atoms with Crippen LogP contribution in [0.3, 0.4) is 0 Å². The number of rotatable bonds is 7. The molecule has 2 aromatic heterocycles. The molecule has 0 aliphatic rings. The van der Waals surface area contributed by atoms with Crippen molar-refractivity contribution in [3.8, 4) is 12.0 Å². The van der Waals surface area contributed by atoms with Gasteiger partial charge in [-0.3, -0.25) is 0 Å². The first kappa shape index (κ1) is 13.5. The minimum absolute atomic E-state index is 0.104. The smallest absolute Gasteiger partial charge is 0.324 e. The van der Waals surface area contributed by atoms with E-state index in [2.05, 4.69) is 21.0 Å². The van der Waals surface area contributed by atoms with Crippen LogP contribution in [0.25, 0.3) is 0 Å². The number of anilines is 1. The van der Waals surface area contributed by atoms with E-state index in [1.54, 1.807) is 11.3 Å². The highest BCUT2D eigenvalue weighted by molar-refractivity contribution is 7.09. The lowest BCUT2D eigenvalue weighted by Gasteiger charge is -2.06. The predicted octanol–water partition coefficient (Wildman–Crippen LogP) is 1.93. The zero-order valence-corrected chi connectivity index (χ0v) is 11.5. The molecule has 7 heteroatoms. The quantitative estimate of drug-likeness (QED) is 0.834. The number of aromatic nitrogens is 3. The first-order valence-corrected chi connectivity index (χ1v) is 6.95. The summed E-state index contributed by atoms with van der Waals surface area (Å²) in [4.78, 5) is 13.1. The first-order valence-electron chi connectivity index (χ1n) is 6.07. The van der Waals surface area contributed by atoms with Crippen LogP contribution in [0, 0.1) is 0 Å². The van der Waals surface area contributed by atoms with Gasteiger partial charge in [0.1, 0.15) is 0 Å². The van der Waals surface area contributed by atoms with E-state index in [1.165, 1.54) is 4.88 Å². The Morgan fingerprint density at radius 3 is 2.53 bits per heavy atom. The van der Waals surface area contributed by atoms with Gasteiger partial charge >= 0.3 is 12.0 Å². The van der Waals surface area contributed by atoms with Crippen LogP contribution < -0.4 is 15.2 Å². The van der Waals surface area contributed by atoms with Gasteiger partial charge in [0, 0.05) is 11.3 Å². The maximum absolute atomic E-state index is 5.58. The molecule has 0 saturated heterocycles.